The van der Waals surface area contributed by atoms with Gasteiger partial charge < -0.3 is 19.4 Å². The van der Waals surface area contributed by atoms with Crippen LogP contribution in [0.25, 0.3) is 0 Å². The van der Waals surface area contributed by atoms with E-state index >= 15 is 0 Å². The van der Waals surface area contributed by atoms with Gasteiger partial charge >= 0.3 is 0 Å². The number of furan rings is 1. The number of aryl methyl sites for hydroxylation is 1. The highest BCUT2D eigenvalue weighted by atomic mass is 16.5. The summed E-state index contributed by atoms with van der Waals surface area (Å²) in [5.74, 6) is 1.69. The predicted molar refractivity (Wildman–Crippen MR) is 71.8 cm³/mol. The fraction of sp³-hybridized carbons (Fsp3) is 0.643. The van der Waals surface area contributed by atoms with E-state index in [9.17, 15) is 4.79 Å². The van der Waals surface area contributed by atoms with E-state index in [4.69, 9.17) is 9.15 Å². The first kappa shape index (κ1) is 14.1. The highest BCUT2D eigenvalue weighted by molar-refractivity contribution is 5.85. The van der Waals surface area contributed by atoms with E-state index in [2.05, 4.69) is 5.32 Å². The molecule has 0 bridgehead atoms. The molecule has 1 fully saturated rings. The zero-order valence-corrected chi connectivity index (χ0v) is 11.9. The van der Waals surface area contributed by atoms with Gasteiger partial charge in [0.25, 0.3) is 5.91 Å². The van der Waals surface area contributed by atoms with Gasteiger partial charge in [-0.3, -0.25) is 4.79 Å². The van der Waals surface area contributed by atoms with Crippen LogP contribution in [0.4, 0.5) is 0 Å². The van der Waals surface area contributed by atoms with Crippen LogP contribution in [0.5, 0.6) is 0 Å². The molecule has 19 heavy (non-hydrogen) atoms. The van der Waals surface area contributed by atoms with Crippen LogP contribution in [-0.2, 0) is 16.1 Å². The maximum atomic E-state index is 12.6. The summed E-state index contributed by atoms with van der Waals surface area (Å²) in [5, 5.41) is 3.25. The van der Waals surface area contributed by atoms with Crippen LogP contribution in [-0.4, -0.2) is 43.7 Å². The molecule has 5 nitrogen and oxygen atoms in total. The molecule has 0 aliphatic carbocycles. The van der Waals surface area contributed by atoms with Crippen molar-refractivity contribution in [2.45, 2.75) is 31.9 Å². The smallest absolute Gasteiger partial charge is 0.255 e. The number of carbonyl (C=O) groups excluding carboxylic acids is 1. The van der Waals surface area contributed by atoms with Gasteiger partial charge in [-0.05, 0) is 45.0 Å². The predicted octanol–water partition coefficient (Wildman–Crippen LogP) is 1.32. The van der Waals surface area contributed by atoms with Crippen molar-refractivity contribution in [2.75, 3.05) is 27.2 Å². The summed E-state index contributed by atoms with van der Waals surface area (Å²) in [6.45, 7) is 4.00. The Labute approximate surface area is 113 Å². The average Bonchev–Trinajstić information content (AvgIpc) is 2.84. The quantitative estimate of drug-likeness (QED) is 0.893. The molecule has 1 saturated heterocycles. The normalized spacial score (nSPS) is 18.3. The van der Waals surface area contributed by atoms with Crippen molar-refractivity contribution in [3.63, 3.8) is 0 Å². The second-order valence-electron chi connectivity index (χ2n) is 5.12. The van der Waals surface area contributed by atoms with Crippen LogP contribution in [0.3, 0.4) is 0 Å². The molecule has 5 heteroatoms. The Morgan fingerprint density at radius 1 is 1.47 bits per heavy atom. The lowest BCUT2D eigenvalue weighted by molar-refractivity contribution is -0.157. The average molecular weight is 266 g/mol. The number of hydrogen-bond donors (Lipinski definition) is 1. The molecule has 1 aromatic heterocycles. The van der Waals surface area contributed by atoms with Gasteiger partial charge in [0, 0.05) is 14.2 Å². The molecule has 106 valence electrons. The van der Waals surface area contributed by atoms with E-state index in [1.807, 2.05) is 19.1 Å². The van der Waals surface area contributed by atoms with Crippen molar-refractivity contribution in [1.82, 2.24) is 10.2 Å². The minimum atomic E-state index is -0.679. The number of nitrogens with zero attached hydrogens (tertiary/aromatic N) is 1. The summed E-state index contributed by atoms with van der Waals surface area (Å²) >= 11 is 0. The van der Waals surface area contributed by atoms with E-state index in [1.54, 1.807) is 19.1 Å². The van der Waals surface area contributed by atoms with Crippen molar-refractivity contribution in [3.05, 3.63) is 23.7 Å². The SMILES string of the molecule is COC1(C(=O)N(C)Cc2ccc(C)o2)CCNCC1. The highest BCUT2D eigenvalue weighted by Crippen LogP contribution is 2.25. The van der Waals surface area contributed by atoms with Crippen LogP contribution in [0.1, 0.15) is 24.4 Å². The number of hydrogen-bond acceptors (Lipinski definition) is 4. The standard InChI is InChI=1S/C14H22N2O3/c1-11-4-5-12(19-11)10-16(2)13(17)14(18-3)6-8-15-9-7-14/h4-5,15H,6-10H2,1-3H3. The Bertz CT molecular complexity index is 436. The molecule has 0 spiro atoms. The summed E-state index contributed by atoms with van der Waals surface area (Å²) in [7, 11) is 3.41. The fourth-order valence-corrected chi connectivity index (χ4v) is 2.56. The Balaban J connectivity index is 2.04. The molecular formula is C14H22N2O3. The molecule has 1 amide bonds. The van der Waals surface area contributed by atoms with Crippen molar-refractivity contribution in [1.29, 1.82) is 0 Å². The van der Waals surface area contributed by atoms with Gasteiger partial charge in [-0.15, -0.1) is 0 Å². The molecule has 0 atom stereocenters. The zero-order chi connectivity index (χ0) is 13.9. The van der Waals surface area contributed by atoms with Crippen LogP contribution in [0.2, 0.25) is 0 Å². The van der Waals surface area contributed by atoms with Crippen LogP contribution < -0.4 is 5.32 Å². The number of amides is 1. The third-order valence-electron chi connectivity index (χ3n) is 3.73. The number of rotatable bonds is 4. The first-order valence-electron chi connectivity index (χ1n) is 6.64. The van der Waals surface area contributed by atoms with Gasteiger partial charge in [0.05, 0.1) is 6.54 Å². The second kappa shape index (κ2) is 5.75. The van der Waals surface area contributed by atoms with Crippen molar-refractivity contribution >= 4 is 5.91 Å². The van der Waals surface area contributed by atoms with E-state index in [0.717, 1.165) is 24.6 Å². The van der Waals surface area contributed by atoms with Crippen LogP contribution in [0, 0.1) is 6.92 Å². The van der Waals surface area contributed by atoms with Gasteiger partial charge in [0.2, 0.25) is 0 Å². The Morgan fingerprint density at radius 3 is 2.68 bits per heavy atom. The van der Waals surface area contributed by atoms with Gasteiger partial charge in [0.1, 0.15) is 17.1 Å². The fourth-order valence-electron chi connectivity index (χ4n) is 2.56. The van der Waals surface area contributed by atoms with Gasteiger partial charge in [-0.1, -0.05) is 0 Å². The molecule has 1 N–H and O–H groups in total. The number of nitrogens with one attached hydrogen (secondary N) is 1. The molecule has 1 aliphatic rings. The molecule has 1 aromatic rings. The number of methoxy groups -OCH3 is 1. The molecule has 0 unspecified atom stereocenters. The third kappa shape index (κ3) is 2.98. The largest absolute Gasteiger partial charge is 0.464 e. The first-order valence-corrected chi connectivity index (χ1v) is 6.64. The minimum Gasteiger partial charge on any atom is -0.464 e. The van der Waals surface area contributed by atoms with Gasteiger partial charge in [-0.25, -0.2) is 0 Å². The number of carbonyl (C=O) groups is 1. The van der Waals surface area contributed by atoms with Crippen molar-refractivity contribution in [3.8, 4) is 0 Å². The lowest BCUT2D eigenvalue weighted by atomic mass is 9.90. The van der Waals surface area contributed by atoms with Gasteiger partial charge in [0.15, 0.2) is 0 Å². The number of likely N-dealkylation sites (N-methyl/N-ethyl adjacent to an activating group) is 1. The molecule has 1 aliphatic heterocycles. The van der Waals surface area contributed by atoms with Gasteiger partial charge in [-0.2, -0.15) is 0 Å². The summed E-state index contributed by atoms with van der Waals surface area (Å²) < 4.78 is 11.1. The van der Waals surface area contributed by atoms with E-state index < -0.39 is 5.60 Å². The molecule has 0 saturated carbocycles. The highest BCUT2D eigenvalue weighted by Gasteiger charge is 2.41. The minimum absolute atomic E-state index is 0.0329. The van der Waals surface area contributed by atoms with Crippen molar-refractivity contribution in [2.24, 2.45) is 0 Å². The summed E-state index contributed by atoms with van der Waals surface area (Å²) in [5.41, 5.74) is -0.679. The molecule has 2 heterocycles. The molecule has 2 rings (SSSR count). The summed E-state index contributed by atoms with van der Waals surface area (Å²) in [6, 6.07) is 3.81. The van der Waals surface area contributed by atoms with Crippen LogP contribution >= 0.6 is 0 Å². The number of ether oxygens (including phenoxy) is 1. The lowest BCUT2D eigenvalue weighted by Gasteiger charge is -2.37. The third-order valence-corrected chi connectivity index (χ3v) is 3.73. The van der Waals surface area contributed by atoms with E-state index in [0.29, 0.717) is 19.4 Å². The van der Waals surface area contributed by atoms with Crippen molar-refractivity contribution < 1.29 is 13.9 Å². The zero-order valence-electron chi connectivity index (χ0n) is 11.9. The maximum absolute atomic E-state index is 12.6. The van der Waals surface area contributed by atoms with Crippen LogP contribution in [0.15, 0.2) is 16.5 Å². The number of piperidine rings is 1. The Hall–Kier alpha value is -1.33. The lowest BCUT2D eigenvalue weighted by Crippen LogP contribution is -2.54. The molecule has 0 radical (unpaired) electrons. The Morgan fingerprint density at radius 2 is 2.16 bits per heavy atom. The van der Waals surface area contributed by atoms with E-state index in [1.165, 1.54) is 0 Å². The molecular weight excluding hydrogens is 244 g/mol. The second-order valence-corrected chi connectivity index (χ2v) is 5.12. The van der Waals surface area contributed by atoms with E-state index in [-0.39, 0.29) is 5.91 Å². The molecule has 0 aromatic carbocycles. The monoisotopic (exact) mass is 266 g/mol. The topological polar surface area (TPSA) is 54.7 Å². The maximum Gasteiger partial charge on any atom is 0.255 e. The first-order chi connectivity index (χ1) is 9.07. The summed E-state index contributed by atoms with van der Waals surface area (Å²) in [4.78, 5) is 14.3. The summed E-state index contributed by atoms with van der Waals surface area (Å²) in [6.07, 6.45) is 1.42. The Kier molecular flexibility index (Phi) is 4.27.